The normalized spacial score (nSPS) is 13.1. The zero-order valence-electron chi connectivity index (χ0n) is 9.76. The molecular formula is C11H20BrN3. The van der Waals surface area contributed by atoms with Crippen molar-refractivity contribution in [2.75, 3.05) is 0 Å². The molecule has 1 heterocycles. The van der Waals surface area contributed by atoms with E-state index in [0.717, 1.165) is 31.4 Å². The summed E-state index contributed by atoms with van der Waals surface area (Å²) in [5.74, 6) is 0. The Hall–Kier alpha value is -0.350. The van der Waals surface area contributed by atoms with Crippen molar-refractivity contribution in [2.24, 2.45) is 12.8 Å². The number of nitrogens with zero attached hydrogens (tertiary/aromatic N) is 2. The van der Waals surface area contributed by atoms with Crippen LogP contribution in [0.2, 0.25) is 0 Å². The van der Waals surface area contributed by atoms with Gasteiger partial charge in [-0.3, -0.25) is 4.68 Å². The van der Waals surface area contributed by atoms with Crippen LogP contribution in [0, 0.1) is 0 Å². The third-order valence-electron chi connectivity index (χ3n) is 2.58. The first kappa shape index (κ1) is 12.7. The minimum atomic E-state index is 0.294. The lowest BCUT2D eigenvalue weighted by molar-refractivity contribution is 0.599. The number of hydrogen-bond acceptors (Lipinski definition) is 2. The van der Waals surface area contributed by atoms with Gasteiger partial charge >= 0.3 is 0 Å². The summed E-state index contributed by atoms with van der Waals surface area (Å²) >= 11 is 3.61. The minimum absolute atomic E-state index is 0.294. The van der Waals surface area contributed by atoms with E-state index >= 15 is 0 Å². The molecule has 3 nitrogen and oxygen atoms in total. The molecule has 1 aromatic rings. The molecule has 0 aliphatic rings. The first-order valence-corrected chi connectivity index (χ1v) is 6.31. The minimum Gasteiger partial charge on any atom is -0.328 e. The maximum Gasteiger partial charge on any atom is 0.0766 e. The van der Waals surface area contributed by atoms with E-state index in [4.69, 9.17) is 5.73 Å². The predicted octanol–water partition coefficient (Wildman–Crippen LogP) is 2.41. The van der Waals surface area contributed by atoms with E-state index in [2.05, 4.69) is 34.9 Å². The van der Waals surface area contributed by atoms with Crippen molar-refractivity contribution < 1.29 is 0 Å². The second-order valence-corrected chi connectivity index (χ2v) is 4.85. The summed E-state index contributed by atoms with van der Waals surface area (Å²) in [4.78, 5) is 0. The van der Waals surface area contributed by atoms with Crippen LogP contribution in [-0.2, 0) is 19.9 Å². The summed E-state index contributed by atoms with van der Waals surface area (Å²) in [6, 6.07) is 0.294. The number of rotatable bonds is 5. The number of nitrogens with two attached hydrogens (primary N) is 1. The number of aromatic nitrogens is 2. The lowest BCUT2D eigenvalue weighted by Gasteiger charge is -2.05. The van der Waals surface area contributed by atoms with E-state index in [-0.39, 0.29) is 0 Å². The average molecular weight is 274 g/mol. The summed E-state index contributed by atoms with van der Waals surface area (Å²) in [6.07, 6.45) is 4.21. The van der Waals surface area contributed by atoms with Gasteiger partial charge in [0.1, 0.15) is 0 Å². The molecule has 0 saturated heterocycles. The van der Waals surface area contributed by atoms with Gasteiger partial charge in [0, 0.05) is 13.1 Å². The molecule has 0 aliphatic carbocycles. The molecule has 86 valence electrons. The molecule has 15 heavy (non-hydrogen) atoms. The van der Waals surface area contributed by atoms with Gasteiger partial charge in [-0.15, -0.1) is 0 Å². The summed E-state index contributed by atoms with van der Waals surface area (Å²) < 4.78 is 3.15. The van der Waals surface area contributed by atoms with Gasteiger partial charge in [-0.25, -0.2) is 0 Å². The monoisotopic (exact) mass is 273 g/mol. The average Bonchev–Trinajstić information content (AvgIpc) is 2.44. The molecule has 0 saturated carbocycles. The highest BCUT2D eigenvalue weighted by atomic mass is 79.9. The Labute approximate surface area is 100 Å². The van der Waals surface area contributed by atoms with Crippen molar-refractivity contribution >= 4 is 15.9 Å². The van der Waals surface area contributed by atoms with Gasteiger partial charge in [0.05, 0.1) is 15.9 Å². The smallest absolute Gasteiger partial charge is 0.0766 e. The summed E-state index contributed by atoms with van der Waals surface area (Å²) in [5, 5.41) is 4.46. The van der Waals surface area contributed by atoms with Crippen LogP contribution in [0.25, 0.3) is 0 Å². The van der Waals surface area contributed by atoms with Crippen LogP contribution >= 0.6 is 15.9 Å². The van der Waals surface area contributed by atoms with Gasteiger partial charge in [-0.1, -0.05) is 6.92 Å². The Kier molecular flexibility index (Phi) is 4.80. The Morgan fingerprint density at radius 1 is 1.53 bits per heavy atom. The lowest BCUT2D eigenvalue weighted by Crippen LogP contribution is -2.14. The van der Waals surface area contributed by atoms with E-state index in [9.17, 15) is 0 Å². The zero-order valence-corrected chi connectivity index (χ0v) is 11.3. The van der Waals surface area contributed by atoms with E-state index in [1.165, 1.54) is 10.2 Å². The fraction of sp³-hybridized carbons (Fsp3) is 0.727. The number of halogens is 1. The molecule has 1 aromatic heterocycles. The quantitative estimate of drug-likeness (QED) is 0.896. The molecule has 0 bridgehead atoms. The van der Waals surface area contributed by atoms with E-state index < -0.39 is 0 Å². The zero-order chi connectivity index (χ0) is 11.4. The second-order valence-electron chi connectivity index (χ2n) is 4.05. The van der Waals surface area contributed by atoms with Gasteiger partial charge in [0.2, 0.25) is 0 Å². The molecule has 1 unspecified atom stereocenters. The van der Waals surface area contributed by atoms with Crippen LogP contribution < -0.4 is 5.73 Å². The standard InChI is InChI=1S/C11H20BrN3/c1-4-9-11(12)10(15(3)14-9)7-5-6-8(2)13/h8H,4-7,13H2,1-3H3. The van der Waals surface area contributed by atoms with Crippen molar-refractivity contribution in [1.82, 2.24) is 9.78 Å². The highest BCUT2D eigenvalue weighted by Gasteiger charge is 2.11. The molecule has 4 heteroatoms. The van der Waals surface area contributed by atoms with E-state index in [1.807, 2.05) is 11.7 Å². The molecule has 0 radical (unpaired) electrons. The topological polar surface area (TPSA) is 43.8 Å². The third-order valence-corrected chi connectivity index (χ3v) is 3.49. The van der Waals surface area contributed by atoms with Crippen molar-refractivity contribution in [3.05, 3.63) is 15.9 Å². The van der Waals surface area contributed by atoms with Crippen LogP contribution in [-0.4, -0.2) is 15.8 Å². The lowest BCUT2D eigenvalue weighted by atomic mass is 10.1. The molecule has 0 fully saturated rings. The third kappa shape index (κ3) is 3.31. The van der Waals surface area contributed by atoms with E-state index in [1.54, 1.807) is 0 Å². The van der Waals surface area contributed by atoms with Gasteiger partial charge in [-0.05, 0) is 48.5 Å². The summed E-state index contributed by atoms with van der Waals surface area (Å²) in [6.45, 7) is 4.18. The Balaban J connectivity index is 2.64. The fourth-order valence-corrected chi connectivity index (χ4v) is 2.50. The predicted molar refractivity (Wildman–Crippen MR) is 66.9 cm³/mol. The highest BCUT2D eigenvalue weighted by molar-refractivity contribution is 9.10. The fourth-order valence-electron chi connectivity index (χ4n) is 1.68. The van der Waals surface area contributed by atoms with Crippen LogP contribution in [0.3, 0.4) is 0 Å². The molecular weight excluding hydrogens is 254 g/mol. The Morgan fingerprint density at radius 3 is 2.67 bits per heavy atom. The van der Waals surface area contributed by atoms with Crippen LogP contribution in [0.5, 0.6) is 0 Å². The van der Waals surface area contributed by atoms with Crippen molar-refractivity contribution in [1.29, 1.82) is 0 Å². The van der Waals surface area contributed by atoms with Gasteiger partial charge in [0.15, 0.2) is 0 Å². The van der Waals surface area contributed by atoms with Gasteiger partial charge < -0.3 is 5.73 Å². The number of aryl methyl sites for hydroxylation is 2. The molecule has 2 N–H and O–H groups in total. The summed E-state index contributed by atoms with van der Waals surface area (Å²) in [5.41, 5.74) is 8.16. The molecule has 0 amide bonds. The van der Waals surface area contributed by atoms with Crippen molar-refractivity contribution in [3.63, 3.8) is 0 Å². The Morgan fingerprint density at radius 2 is 2.20 bits per heavy atom. The second kappa shape index (κ2) is 5.66. The van der Waals surface area contributed by atoms with Gasteiger partial charge in [0.25, 0.3) is 0 Å². The van der Waals surface area contributed by atoms with Crippen molar-refractivity contribution in [3.8, 4) is 0 Å². The van der Waals surface area contributed by atoms with Crippen LogP contribution in [0.15, 0.2) is 4.47 Å². The van der Waals surface area contributed by atoms with E-state index in [0.29, 0.717) is 6.04 Å². The molecule has 0 aromatic carbocycles. The van der Waals surface area contributed by atoms with Crippen molar-refractivity contribution in [2.45, 2.75) is 45.6 Å². The maximum absolute atomic E-state index is 5.73. The summed E-state index contributed by atoms with van der Waals surface area (Å²) in [7, 11) is 2.01. The largest absolute Gasteiger partial charge is 0.328 e. The molecule has 0 spiro atoms. The van der Waals surface area contributed by atoms with Gasteiger partial charge in [-0.2, -0.15) is 5.10 Å². The first-order valence-electron chi connectivity index (χ1n) is 5.52. The molecule has 0 aliphatic heterocycles. The molecule has 1 rings (SSSR count). The highest BCUT2D eigenvalue weighted by Crippen LogP contribution is 2.23. The first-order chi connectivity index (χ1) is 7.06. The molecule has 1 atom stereocenters. The maximum atomic E-state index is 5.73. The van der Waals surface area contributed by atoms with Crippen LogP contribution in [0.1, 0.15) is 38.1 Å². The SMILES string of the molecule is CCc1nn(C)c(CCCC(C)N)c1Br. The van der Waals surface area contributed by atoms with Crippen LogP contribution in [0.4, 0.5) is 0 Å². The number of hydrogen-bond donors (Lipinski definition) is 1. The Bertz CT molecular complexity index is 318.